The lowest BCUT2D eigenvalue weighted by atomic mass is 9.87. The zero-order valence-corrected chi connectivity index (χ0v) is 12.1. The lowest BCUT2D eigenvalue weighted by Gasteiger charge is -2.18. The molecule has 0 amide bonds. The van der Waals surface area contributed by atoms with Crippen molar-refractivity contribution in [2.75, 3.05) is 0 Å². The van der Waals surface area contributed by atoms with Crippen LogP contribution in [0.25, 0.3) is 0 Å². The Bertz CT molecular complexity index is 449. The third-order valence-corrected chi connectivity index (χ3v) is 2.73. The van der Waals surface area contributed by atoms with Gasteiger partial charge in [-0.25, -0.2) is 0 Å². The average Bonchev–Trinajstić information content (AvgIpc) is 2.30. The van der Waals surface area contributed by atoms with Gasteiger partial charge >= 0.3 is 0 Å². The van der Waals surface area contributed by atoms with E-state index >= 15 is 0 Å². The van der Waals surface area contributed by atoms with Crippen molar-refractivity contribution in [1.29, 1.82) is 0 Å². The number of hydrogen-bond acceptors (Lipinski definition) is 1. The number of rotatable bonds is 0. The summed E-state index contributed by atoms with van der Waals surface area (Å²) in [5.74, 6) is 0. The molecular weight excluding hydrogens is 218 g/mol. The highest BCUT2D eigenvalue weighted by molar-refractivity contribution is 5.26. The number of aromatic nitrogens is 1. The molecule has 1 aromatic heterocycles. The summed E-state index contributed by atoms with van der Waals surface area (Å²) in [5.41, 5.74) is 4.23. The maximum Gasteiger partial charge on any atom is 0.0297 e. The van der Waals surface area contributed by atoms with E-state index in [0.29, 0.717) is 0 Å². The highest BCUT2D eigenvalue weighted by atomic mass is 14.6. The standard InChI is InChI=1S/C11H16.C6H7N/c1-9-5-7-10(8-6-9)11(2,3)4;1-6-3-2-4-7-5-6/h5-8H,1-4H3;2-5H,1H3. The number of benzene rings is 1. The molecule has 0 aliphatic carbocycles. The van der Waals surface area contributed by atoms with Crippen LogP contribution in [-0.2, 0) is 5.41 Å². The van der Waals surface area contributed by atoms with E-state index in [-0.39, 0.29) is 5.41 Å². The molecule has 0 saturated heterocycles. The third-order valence-electron chi connectivity index (χ3n) is 2.73. The minimum absolute atomic E-state index is 0.285. The molecular formula is C17H23N. The van der Waals surface area contributed by atoms with E-state index in [1.54, 1.807) is 6.20 Å². The van der Waals surface area contributed by atoms with E-state index in [4.69, 9.17) is 0 Å². The van der Waals surface area contributed by atoms with Crippen molar-refractivity contribution in [2.24, 2.45) is 0 Å². The predicted molar refractivity (Wildman–Crippen MR) is 78.9 cm³/mol. The summed E-state index contributed by atoms with van der Waals surface area (Å²) < 4.78 is 0. The van der Waals surface area contributed by atoms with Gasteiger partial charge in [0, 0.05) is 12.4 Å². The molecule has 2 rings (SSSR count). The van der Waals surface area contributed by atoms with Crippen LogP contribution in [0, 0.1) is 13.8 Å². The first-order valence-electron chi connectivity index (χ1n) is 6.33. The first-order chi connectivity index (χ1) is 8.39. The largest absolute Gasteiger partial charge is 0.264 e. The number of nitrogens with zero attached hydrogens (tertiary/aromatic N) is 1. The Hall–Kier alpha value is -1.63. The molecule has 96 valence electrons. The Balaban J connectivity index is 0.000000199. The van der Waals surface area contributed by atoms with Crippen molar-refractivity contribution in [1.82, 2.24) is 4.98 Å². The third kappa shape index (κ3) is 5.13. The molecule has 0 bridgehead atoms. The van der Waals surface area contributed by atoms with Gasteiger partial charge in [-0.3, -0.25) is 4.98 Å². The molecule has 0 spiro atoms. The zero-order valence-electron chi connectivity index (χ0n) is 12.1. The van der Waals surface area contributed by atoms with Gasteiger partial charge in [0.1, 0.15) is 0 Å². The Morgan fingerprint density at radius 3 is 1.78 bits per heavy atom. The summed E-state index contributed by atoms with van der Waals surface area (Å²) >= 11 is 0. The molecule has 0 radical (unpaired) electrons. The average molecular weight is 241 g/mol. The van der Waals surface area contributed by atoms with Crippen LogP contribution in [0.2, 0.25) is 0 Å². The zero-order chi connectivity index (χ0) is 13.6. The Morgan fingerprint density at radius 1 is 0.833 bits per heavy atom. The van der Waals surface area contributed by atoms with Crippen molar-refractivity contribution < 1.29 is 0 Å². The maximum atomic E-state index is 3.88. The molecule has 1 heterocycles. The number of hydrogen-bond donors (Lipinski definition) is 0. The van der Waals surface area contributed by atoms with Crippen molar-refractivity contribution >= 4 is 0 Å². The van der Waals surface area contributed by atoms with Gasteiger partial charge in [-0.05, 0) is 36.5 Å². The quantitative estimate of drug-likeness (QED) is 0.652. The second kappa shape index (κ2) is 6.34. The summed E-state index contributed by atoms with van der Waals surface area (Å²) in [6, 6.07) is 12.7. The van der Waals surface area contributed by atoms with Gasteiger partial charge < -0.3 is 0 Å². The van der Waals surface area contributed by atoms with Crippen LogP contribution in [0.3, 0.4) is 0 Å². The number of aryl methyl sites for hydroxylation is 2. The molecule has 0 aliphatic rings. The van der Waals surface area contributed by atoms with Crippen LogP contribution in [0.1, 0.15) is 37.5 Å². The molecule has 0 atom stereocenters. The van der Waals surface area contributed by atoms with Gasteiger partial charge in [-0.1, -0.05) is 56.7 Å². The Labute approximate surface area is 111 Å². The normalized spacial score (nSPS) is 10.5. The van der Waals surface area contributed by atoms with E-state index in [2.05, 4.69) is 56.9 Å². The van der Waals surface area contributed by atoms with Crippen molar-refractivity contribution in [3.05, 3.63) is 65.5 Å². The van der Waals surface area contributed by atoms with E-state index in [1.807, 2.05) is 25.3 Å². The minimum atomic E-state index is 0.285. The summed E-state index contributed by atoms with van der Waals surface area (Å²) in [7, 11) is 0. The second-order valence-electron chi connectivity index (χ2n) is 5.65. The smallest absolute Gasteiger partial charge is 0.0297 e. The van der Waals surface area contributed by atoms with E-state index in [0.717, 1.165) is 0 Å². The molecule has 0 saturated carbocycles. The monoisotopic (exact) mass is 241 g/mol. The first kappa shape index (κ1) is 14.4. The molecule has 1 nitrogen and oxygen atoms in total. The fraction of sp³-hybridized carbons (Fsp3) is 0.353. The van der Waals surface area contributed by atoms with Gasteiger partial charge in [0.15, 0.2) is 0 Å². The second-order valence-corrected chi connectivity index (χ2v) is 5.65. The molecule has 1 aromatic carbocycles. The summed E-state index contributed by atoms with van der Waals surface area (Å²) in [5, 5.41) is 0. The Morgan fingerprint density at radius 2 is 1.44 bits per heavy atom. The molecule has 18 heavy (non-hydrogen) atoms. The molecule has 0 N–H and O–H groups in total. The summed E-state index contributed by atoms with van der Waals surface area (Å²) in [6.07, 6.45) is 3.60. The van der Waals surface area contributed by atoms with E-state index in [9.17, 15) is 0 Å². The van der Waals surface area contributed by atoms with Gasteiger partial charge in [-0.2, -0.15) is 0 Å². The molecule has 2 aromatic rings. The Kier molecular flexibility index (Phi) is 5.08. The molecule has 1 heteroatoms. The van der Waals surface area contributed by atoms with Gasteiger partial charge in [-0.15, -0.1) is 0 Å². The molecule has 0 unspecified atom stereocenters. The highest BCUT2D eigenvalue weighted by Crippen LogP contribution is 2.21. The predicted octanol–water partition coefficient (Wildman–Crippen LogP) is 4.68. The van der Waals surface area contributed by atoms with Gasteiger partial charge in [0.05, 0.1) is 0 Å². The SMILES string of the molecule is Cc1ccc(C(C)(C)C)cc1.Cc1cccnc1. The van der Waals surface area contributed by atoms with E-state index < -0.39 is 0 Å². The maximum absolute atomic E-state index is 3.88. The van der Waals surface area contributed by atoms with Gasteiger partial charge in [0.2, 0.25) is 0 Å². The van der Waals surface area contributed by atoms with Crippen LogP contribution >= 0.6 is 0 Å². The van der Waals surface area contributed by atoms with Crippen LogP contribution in [0.5, 0.6) is 0 Å². The van der Waals surface area contributed by atoms with Crippen LogP contribution in [0.4, 0.5) is 0 Å². The van der Waals surface area contributed by atoms with Crippen LogP contribution in [0.15, 0.2) is 48.8 Å². The van der Waals surface area contributed by atoms with Gasteiger partial charge in [0.25, 0.3) is 0 Å². The molecule has 0 aliphatic heterocycles. The van der Waals surface area contributed by atoms with Crippen LogP contribution < -0.4 is 0 Å². The van der Waals surface area contributed by atoms with Crippen molar-refractivity contribution in [2.45, 2.75) is 40.0 Å². The topological polar surface area (TPSA) is 12.9 Å². The lowest BCUT2D eigenvalue weighted by molar-refractivity contribution is 0.590. The highest BCUT2D eigenvalue weighted by Gasteiger charge is 2.11. The molecule has 0 fully saturated rings. The number of pyridine rings is 1. The van der Waals surface area contributed by atoms with Crippen molar-refractivity contribution in [3.8, 4) is 0 Å². The van der Waals surface area contributed by atoms with Crippen LogP contribution in [-0.4, -0.2) is 4.98 Å². The fourth-order valence-electron chi connectivity index (χ4n) is 1.50. The minimum Gasteiger partial charge on any atom is -0.264 e. The lowest BCUT2D eigenvalue weighted by Crippen LogP contribution is -2.10. The fourth-order valence-corrected chi connectivity index (χ4v) is 1.50. The first-order valence-corrected chi connectivity index (χ1v) is 6.33. The summed E-state index contributed by atoms with van der Waals surface area (Å²) in [6.45, 7) is 10.8. The summed E-state index contributed by atoms with van der Waals surface area (Å²) in [4.78, 5) is 3.88. The van der Waals surface area contributed by atoms with E-state index in [1.165, 1.54) is 16.7 Å². The van der Waals surface area contributed by atoms with Crippen molar-refractivity contribution in [3.63, 3.8) is 0 Å².